The van der Waals surface area contributed by atoms with E-state index < -0.39 is 5.97 Å². The van der Waals surface area contributed by atoms with Crippen molar-refractivity contribution in [3.63, 3.8) is 0 Å². The Morgan fingerprint density at radius 2 is 1.53 bits per heavy atom. The molecule has 10 nitrogen and oxygen atoms in total. The summed E-state index contributed by atoms with van der Waals surface area (Å²) in [4.78, 5) is 38.9. The van der Waals surface area contributed by atoms with E-state index in [2.05, 4.69) is 19.9 Å². The molecule has 0 atom stereocenters. The topological polar surface area (TPSA) is 111 Å². The fourth-order valence-corrected chi connectivity index (χ4v) is 3.74. The van der Waals surface area contributed by atoms with Gasteiger partial charge in [0.15, 0.2) is 17.3 Å². The smallest absolute Gasteiger partial charge is 0.373 e. The molecular weight excluding hydrogens is 466 g/mol. The van der Waals surface area contributed by atoms with Crippen LogP contribution in [-0.2, 0) is 9.78 Å². The number of hydrogen-bond donors (Lipinski definition) is 0. The normalized spacial score (nSPS) is 10.6. The quantitative estimate of drug-likeness (QED) is 0.196. The van der Waals surface area contributed by atoms with Gasteiger partial charge in [-0.1, -0.05) is 18.2 Å². The van der Waals surface area contributed by atoms with Gasteiger partial charge in [-0.25, -0.2) is 14.5 Å². The van der Waals surface area contributed by atoms with Crippen molar-refractivity contribution in [2.75, 3.05) is 28.4 Å². The van der Waals surface area contributed by atoms with E-state index in [1.807, 2.05) is 6.07 Å². The van der Waals surface area contributed by atoms with Crippen molar-refractivity contribution in [3.05, 3.63) is 83.9 Å². The highest BCUT2D eigenvalue weighted by atomic mass is 17.2. The van der Waals surface area contributed by atoms with Crippen LogP contribution >= 0.6 is 0 Å². The van der Waals surface area contributed by atoms with Gasteiger partial charge in [0.2, 0.25) is 5.75 Å². The number of benzene rings is 3. The van der Waals surface area contributed by atoms with Crippen molar-refractivity contribution in [2.24, 2.45) is 0 Å². The lowest BCUT2D eigenvalue weighted by atomic mass is 9.96. The van der Waals surface area contributed by atoms with E-state index in [-0.39, 0.29) is 5.78 Å². The van der Waals surface area contributed by atoms with Gasteiger partial charge in [0.25, 0.3) is 0 Å². The summed E-state index contributed by atoms with van der Waals surface area (Å²) in [5, 5.41) is 4.22. The van der Waals surface area contributed by atoms with E-state index in [1.165, 1.54) is 45.8 Å². The molecule has 0 spiro atoms. The number of methoxy groups -OCH3 is 3. The SMILES string of the molecule is COOC(=O)c1cccc(-c2ccc(C(=O)c3cc(OC)c(OC)c(OC)c3)c(-n3cncn3)c2)c1. The lowest BCUT2D eigenvalue weighted by molar-refractivity contribution is -0.216. The molecule has 0 radical (unpaired) electrons. The van der Waals surface area contributed by atoms with Crippen LogP contribution in [0.1, 0.15) is 26.3 Å². The van der Waals surface area contributed by atoms with Gasteiger partial charge in [-0.15, -0.1) is 0 Å². The second-order valence-electron chi connectivity index (χ2n) is 7.43. The second kappa shape index (κ2) is 10.7. The molecule has 0 aliphatic carbocycles. The molecular formula is C26H23N3O7. The molecule has 4 rings (SSSR count). The fraction of sp³-hybridized carbons (Fsp3) is 0.154. The van der Waals surface area contributed by atoms with Gasteiger partial charge in [-0.3, -0.25) is 9.68 Å². The van der Waals surface area contributed by atoms with E-state index in [0.717, 1.165) is 11.1 Å². The van der Waals surface area contributed by atoms with Gasteiger partial charge < -0.3 is 14.2 Å². The van der Waals surface area contributed by atoms with Crippen molar-refractivity contribution in [2.45, 2.75) is 0 Å². The maximum atomic E-state index is 13.7. The van der Waals surface area contributed by atoms with Gasteiger partial charge in [-0.05, 0) is 47.5 Å². The molecule has 0 aliphatic rings. The average molecular weight is 489 g/mol. The fourth-order valence-electron chi connectivity index (χ4n) is 3.74. The Hall–Kier alpha value is -4.70. The van der Waals surface area contributed by atoms with E-state index in [9.17, 15) is 9.59 Å². The third-order valence-electron chi connectivity index (χ3n) is 5.43. The highest BCUT2D eigenvalue weighted by Crippen LogP contribution is 2.39. The van der Waals surface area contributed by atoms with Gasteiger partial charge >= 0.3 is 5.97 Å². The van der Waals surface area contributed by atoms with Crippen LogP contribution < -0.4 is 14.2 Å². The minimum Gasteiger partial charge on any atom is -0.493 e. The van der Waals surface area contributed by atoms with Crippen LogP contribution in [0.25, 0.3) is 16.8 Å². The Kier molecular flexibility index (Phi) is 7.26. The van der Waals surface area contributed by atoms with Crippen molar-refractivity contribution in [1.29, 1.82) is 0 Å². The van der Waals surface area contributed by atoms with Crippen LogP contribution in [0.15, 0.2) is 67.3 Å². The lowest BCUT2D eigenvalue weighted by Crippen LogP contribution is -2.09. The van der Waals surface area contributed by atoms with Crippen molar-refractivity contribution in [1.82, 2.24) is 14.8 Å². The lowest BCUT2D eigenvalue weighted by Gasteiger charge is -2.15. The number of hydrogen-bond acceptors (Lipinski definition) is 9. The first-order valence-corrected chi connectivity index (χ1v) is 10.7. The summed E-state index contributed by atoms with van der Waals surface area (Å²) < 4.78 is 17.7. The molecule has 1 heterocycles. The number of carbonyl (C=O) groups excluding carboxylic acids is 2. The van der Waals surface area contributed by atoms with E-state index in [1.54, 1.807) is 48.5 Å². The first-order chi connectivity index (χ1) is 17.5. The van der Waals surface area contributed by atoms with Gasteiger partial charge in [0.05, 0.1) is 39.7 Å². The molecule has 3 aromatic carbocycles. The summed E-state index contributed by atoms with van der Waals surface area (Å²) in [7, 11) is 5.72. The molecule has 4 aromatic rings. The molecule has 1 aromatic heterocycles. The highest BCUT2D eigenvalue weighted by Gasteiger charge is 2.22. The van der Waals surface area contributed by atoms with Gasteiger partial charge in [-0.2, -0.15) is 9.99 Å². The molecule has 184 valence electrons. The molecule has 0 saturated carbocycles. The van der Waals surface area contributed by atoms with E-state index in [4.69, 9.17) is 14.2 Å². The predicted molar refractivity (Wildman–Crippen MR) is 129 cm³/mol. The van der Waals surface area contributed by atoms with Crippen LogP contribution in [0.2, 0.25) is 0 Å². The molecule has 0 bridgehead atoms. The molecule has 0 N–H and O–H groups in total. The Balaban J connectivity index is 1.81. The summed E-state index contributed by atoms with van der Waals surface area (Å²) in [6, 6.07) is 15.3. The number of carbonyl (C=O) groups is 2. The van der Waals surface area contributed by atoms with Crippen LogP contribution in [-0.4, -0.2) is 55.0 Å². The monoisotopic (exact) mass is 489 g/mol. The molecule has 0 aliphatic heterocycles. The molecule has 0 amide bonds. The second-order valence-corrected chi connectivity index (χ2v) is 7.43. The van der Waals surface area contributed by atoms with Crippen LogP contribution in [0.3, 0.4) is 0 Å². The number of aromatic nitrogens is 3. The summed E-state index contributed by atoms with van der Waals surface area (Å²) in [6.45, 7) is 0. The first kappa shape index (κ1) is 24.4. The minimum absolute atomic E-state index is 0.288. The zero-order valence-electron chi connectivity index (χ0n) is 20.1. The zero-order chi connectivity index (χ0) is 25.7. The summed E-state index contributed by atoms with van der Waals surface area (Å²) in [6.07, 6.45) is 2.87. The standard InChI is InChI=1S/C26H23N3O7/c1-32-22-12-19(13-23(33-2)25(22)34-3)24(30)20-9-8-17(11-21(20)29-15-27-14-28-29)16-6-5-7-18(10-16)26(31)36-35-4/h5-15H,1-4H3. The largest absolute Gasteiger partial charge is 0.493 e. The van der Waals surface area contributed by atoms with Gasteiger partial charge in [0, 0.05) is 11.1 Å². The highest BCUT2D eigenvalue weighted by molar-refractivity contribution is 6.12. The number of ketones is 1. The number of nitrogens with zero attached hydrogens (tertiary/aromatic N) is 3. The molecule has 10 heteroatoms. The Morgan fingerprint density at radius 1 is 0.806 bits per heavy atom. The maximum absolute atomic E-state index is 13.7. The molecule has 0 saturated heterocycles. The third-order valence-corrected chi connectivity index (χ3v) is 5.43. The first-order valence-electron chi connectivity index (χ1n) is 10.7. The summed E-state index contributed by atoms with van der Waals surface area (Å²) in [5.74, 6) is 0.196. The van der Waals surface area contributed by atoms with Crippen LogP contribution in [0, 0.1) is 0 Å². The number of rotatable bonds is 9. The summed E-state index contributed by atoms with van der Waals surface area (Å²) >= 11 is 0. The van der Waals surface area contributed by atoms with Crippen molar-refractivity contribution in [3.8, 4) is 34.1 Å². The molecule has 0 fully saturated rings. The van der Waals surface area contributed by atoms with Gasteiger partial charge in [0.1, 0.15) is 12.7 Å². The Bertz CT molecular complexity index is 1380. The van der Waals surface area contributed by atoms with Crippen molar-refractivity contribution < 1.29 is 33.6 Å². The van der Waals surface area contributed by atoms with E-state index >= 15 is 0 Å². The van der Waals surface area contributed by atoms with Crippen LogP contribution in [0.4, 0.5) is 0 Å². The molecule has 36 heavy (non-hydrogen) atoms. The summed E-state index contributed by atoms with van der Waals surface area (Å²) in [5.41, 5.74) is 2.99. The predicted octanol–water partition coefficient (Wildman–Crippen LogP) is 3.91. The zero-order valence-corrected chi connectivity index (χ0v) is 20.1. The maximum Gasteiger partial charge on any atom is 0.373 e. The third kappa shape index (κ3) is 4.75. The average Bonchev–Trinajstić information content (AvgIpc) is 3.46. The Morgan fingerprint density at radius 3 is 2.14 bits per heavy atom. The minimum atomic E-state index is -0.620. The van der Waals surface area contributed by atoms with Crippen molar-refractivity contribution >= 4 is 11.8 Å². The van der Waals surface area contributed by atoms with E-state index in [0.29, 0.717) is 39.6 Å². The van der Waals surface area contributed by atoms with Crippen LogP contribution in [0.5, 0.6) is 17.2 Å². The Labute approximate surface area is 206 Å². The number of ether oxygens (including phenoxy) is 3. The molecule has 0 unspecified atom stereocenters.